The fraction of sp³-hybridized carbons (Fsp3) is 0.100. The molecule has 1 N–H and O–H groups in total. The Kier molecular flexibility index (Phi) is 1.77. The molecule has 2 rings (SSSR count). The predicted molar refractivity (Wildman–Crippen MR) is 50.0 cm³/mol. The molecule has 0 aliphatic rings. The minimum atomic E-state index is 0.0285. The summed E-state index contributed by atoms with van der Waals surface area (Å²) >= 11 is 0. The van der Waals surface area contributed by atoms with Crippen LogP contribution in [0.25, 0.3) is 10.8 Å². The normalized spacial score (nSPS) is 10.2. The van der Waals surface area contributed by atoms with E-state index in [0.29, 0.717) is 0 Å². The van der Waals surface area contributed by atoms with Crippen LogP contribution in [-0.2, 0) is 0 Å². The number of rotatable bonds is 1. The Balaban J connectivity index is 2.77. The highest BCUT2D eigenvalue weighted by Crippen LogP contribution is 2.25. The summed E-state index contributed by atoms with van der Waals surface area (Å²) in [6.45, 7) is 0. The van der Waals surface area contributed by atoms with E-state index in [-0.39, 0.29) is 5.88 Å². The molecule has 1 heterocycles. The van der Waals surface area contributed by atoms with Crippen LogP contribution in [0, 0.1) is 0 Å². The minimum absolute atomic E-state index is 0.0285. The molecular formula is C10H9NO2. The summed E-state index contributed by atoms with van der Waals surface area (Å²) in [5, 5.41) is 11.0. The molecule has 1 aromatic heterocycles. The van der Waals surface area contributed by atoms with Crippen LogP contribution in [-0.4, -0.2) is 17.2 Å². The molecule has 0 saturated carbocycles. The van der Waals surface area contributed by atoms with E-state index < -0.39 is 0 Å². The Morgan fingerprint density at radius 3 is 3.00 bits per heavy atom. The maximum Gasteiger partial charge on any atom is 0.211 e. The largest absolute Gasteiger partial charge is 0.496 e. The van der Waals surface area contributed by atoms with E-state index in [4.69, 9.17) is 9.84 Å². The molecule has 0 saturated heterocycles. The van der Waals surface area contributed by atoms with Gasteiger partial charge in [0.25, 0.3) is 0 Å². The van der Waals surface area contributed by atoms with E-state index in [9.17, 15) is 0 Å². The first-order valence-electron chi connectivity index (χ1n) is 3.93. The summed E-state index contributed by atoms with van der Waals surface area (Å²) in [6.07, 6.45) is 1.60. The lowest BCUT2D eigenvalue weighted by Gasteiger charge is -2.03. The van der Waals surface area contributed by atoms with Crippen molar-refractivity contribution in [1.82, 2.24) is 4.98 Å². The molecule has 0 spiro atoms. The molecule has 0 amide bonds. The quantitative estimate of drug-likeness (QED) is 0.720. The highest BCUT2D eigenvalue weighted by atomic mass is 16.5. The number of methoxy groups -OCH3 is 1. The molecule has 3 heteroatoms. The zero-order valence-corrected chi connectivity index (χ0v) is 7.19. The molecule has 0 fully saturated rings. The Labute approximate surface area is 75.6 Å². The second-order valence-corrected chi connectivity index (χ2v) is 2.72. The summed E-state index contributed by atoms with van der Waals surface area (Å²) < 4.78 is 5.15. The second-order valence-electron chi connectivity index (χ2n) is 2.72. The van der Waals surface area contributed by atoms with Crippen LogP contribution in [0.15, 0.2) is 30.5 Å². The van der Waals surface area contributed by atoms with Gasteiger partial charge in [0.15, 0.2) is 0 Å². The fourth-order valence-electron chi connectivity index (χ4n) is 1.31. The average Bonchev–Trinajstić information content (AvgIpc) is 2.16. The molecule has 0 aliphatic carbocycles. The zero-order chi connectivity index (χ0) is 9.26. The topological polar surface area (TPSA) is 42.4 Å². The van der Waals surface area contributed by atoms with Crippen molar-refractivity contribution < 1.29 is 9.84 Å². The van der Waals surface area contributed by atoms with Gasteiger partial charge in [0.05, 0.1) is 7.11 Å². The lowest BCUT2D eigenvalue weighted by atomic mass is 10.1. The third-order valence-electron chi connectivity index (χ3n) is 1.93. The minimum Gasteiger partial charge on any atom is -0.496 e. The van der Waals surface area contributed by atoms with E-state index in [1.54, 1.807) is 19.4 Å². The number of aromatic nitrogens is 1. The van der Waals surface area contributed by atoms with E-state index in [0.717, 1.165) is 16.5 Å². The van der Waals surface area contributed by atoms with Crippen molar-refractivity contribution >= 4 is 10.8 Å². The van der Waals surface area contributed by atoms with Crippen LogP contribution < -0.4 is 4.74 Å². The van der Waals surface area contributed by atoms with Gasteiger partial charge in [-0.1, -0.05) is 12.1 Å². The number of ether oxygens (including phenoxy) is 1. The van der Waals surface area contributed by atoms with Gasteiger partial charge in [-0.15, -0.1) is 0 Å². The van der Waals surface area contributed by atoms with E-state index in [1.165, 1.54) is 0 Å². The van der Waals surface area contributed by atoms with Crippen molar-refractivity contribution in [2.24, 2.45) is 0 Å². The molecule has 2 aromatic rings. The first-order chi connectivity index (χ1) is 6.31. The van der Waals surface area contributed by atoms with Gasteiger partial charge >= 0.3 is 0 Å². The van der Waals surface area contributed by atoms with Gasteiger partial charge < -0.3 is 9.84 Å². The first-order valence-corrected chi connectivity index (χ1v) is 3.93. The molecule has 0 aliphatic heterocycles. The van der Waals surface area contributed by atoms with Gasteiger partial charge in [0.1, 0.15) is 5.75 Å². The standard InChI is InChI=1S/C10H9NO2/c1-13-9-4-2-3-7-5-10(12)11-6-8(7)9/h2-6H,1H3,(H,11,12). The summed E-state index contributed by atoms with van der Waals surface area (Å²) in [4.78, 5) is 3.79. The monoisotopic (exact) mass is 175 g/mol. The fourth-order valence-corrected chi connectivity index (χ4v) is 1.31. The van der Waals surface area contributed by atoms with Gasteiger partial charge in [-0.3, -0.25) is 0 Å². The number of hydrogen-bond donors (Lipinski definition) is 1. The highest BCUT2D eigenvalue weighted by molar-refractivity contribution is 5.88. The molecule has 0 unspecified atom stereocenters. The van der Waals surface area contributed by atoms with Crippen LogP contribution in [0.1, 0.15) is 0 Å². The molecule has 0 radical (unpaired) electrons. The number of aromatic hydroxyl groups is 1. The SMILES string of the molecule is COc1cccc2cc(O)ncc12. The van der Waals surface area contributed by atoms with Gasteiger partial charge in [-0.25, -0.2) is 4.98 Å². The lowest BCUT2D eigenvalue weighted by molar-refractivity contribution is 0.419. The van der Waals surface area contributed by atoms with Gasteiger partial charge in [0, 0.05) is 17.6 Å². The van der Waals surface area contributed by atoms with Crippen molar-refractivity contribution in [3.63, 3.8) is 0 Å². The molecule has 1 aromatic carbocycles. The molecule has 66 valence electrons. The Morgan fingerprint density at radius 1 is 1.38 bits per heavy atom. The second kappa shape index (κ2) is 2.94. The first kappa shape index (κ1) is 7.86. The molecule has 0 bridgehead atoms. The van der Waals surface area contributed by atoms with Crippen molar-refractivity contribution in [1.29, 1.82) is 0 Å². The third kappa shape index (κ3) is 1.28. The highest BCUT2D eigenvalue weighted by Gasteiger charge is 2.01. The number of hydrogen-bond acceptors (Lipinski definition) is 3. The number of nitrogens with zero attached hydrogens (tertiary/aromatic N) is 1. The van der Waals surface area contributed by atoms with Crippen molar-refractivity contribution in [3.05, 3.63) is 30.5 Å². The Bertz CT molecular complexity index is 440. The van der Waals surface area contributed by atoms with E-state index in [1.807, 2.05) is 18.2 Å². The van der Waals surface area contributed by atoms with Crippen molar-refractivity contribution in [2.45, 2.75) is 0 Å². The number of benzene rings is 1. The predicted octanol–water partition coefficient (Wildman–Crippen LogP) is 1.95. The molecule has 3 nitrogen and oxygen atoms in total. The number of fused-ring (bicyclic) bond motifs is 1. The van der Waals surface area contributed by atoms with E-state index in [2.05, 4.69) is 4.98 Å². The smallest absolute Gasteiger partial charge is 0.211 e. The maximum atomic E-state index is 9.14. The van der Waals surface area contributed by atoms with E-state index >= 15 is 0 Å². The van der Waals surface area contributed by atoms with Gasteiger partial charge in [-0.05, 0) is 11.5 Å². The molecule has 13 heavy (non-hydrogen) atoms. The maximum absolute atomic E-state index is 9.14. The summed E-state index contributed by atoms with van der Waals surface area (Å²) in [5.74, 6) is 0.797. The van der Waals surface area contributed by atoms with Gasteiger partial charge in [0.2, 0.25) is 5.88 Å². The van der Waals surface area contributed by atoms with Crippen LogP contribution in [0.4, 0.5) is 0 Å². The summed E-state index contributed by atoms with van der Waals surface area (Å²) in [6, 6.07) is 7.25. The Hall–Kier alpha value is -1.77. The lowest BCUT2D eigenvalue weighted by Crippen LogP contribution is -1.85. The van der Waals surface area contributed by atoms with Crippen LogP contribution >= 0.6 is 0 Å². The van der Waals surface area contributed by atoms with Crippen LogP contribution in [0.2, 0.25) is 0 Å². The van der Waals surface area contributed by atoms with Crippen LogP contribution in [0.3, 0.4) is 0 Å². The number of pyridine rings is 1. The van der Waals surface area contributed by atoms with Gasteiger partial charge in [-0.2, -0.15) is 0 Å². The summed E-state index contributed by atoms with van der Waals surface area (Å²) in [5.41, 5.74) is 0. The summed E-state index contributed by atoms with van der Waals surface area (Å²) in [7, 11) is 1.61. The molecule has 0 atom stereocenters. The molecular weight excluding hydrogens is 166 g/mol. The van der Waals surface area contributed by atoms with Crippen molar-refractivity contribution in [2.75, 3.05) is 7.11 Å². The Morgan fingerprint density at radius 2 is 2.23 bits per heavy atom. The van der Waals surface area contributed by atoms with Crippen molar-refractivity contribution in [3.8, 4) is 11.6 Å². The third-order valence-corrected chi connectivity index (χ3v) is 1.93. The average molecular weight is 175 g/mol. The zero-order valence-electron chi connectivity index (χ0n) is 7.19. The van der Waals surface area contributed by atoms with Crippen LogP contribution in [0.5, 0.6) is 11.6 Å².